The molecule has 8 aromatic rings. The molecule has 0 spiro atoms. The molecule has 8 rings (SSSR count). The smallest absolute Gasteiger partial charge is 0.145 e. The van der Waals surface area contributed by atoms with E-state index in [9.17, 15) is 0 Å². The van der Waals surface area contributed by atoms with Crippen LogP contribution < -0.4 is 0 Å². The molecule has 0 radical (unpaired) electrons. The van der Waals surface area contributed by atoms with Gasteiger partial charge in [0.1, 0.15) is 5.82 Å². The minimum Gasteiger partial charge on any atom is -0.292 e. The number of fused-ring (bicyclic) bond motifs is 8. The second-order valence-electron chi connectivity index (χ2n) is 11.9. The lowest BCUT2D eigenvalue weighted by Gasteiger charge is -2.22. The van der Waals surface area contributed by atoms with Gasteiger partial charge in [0.05, 0.1) is 26.9 Å². The lowest BCUT2D eigenvalue weighted by atomic mass is 9.92. The molecule has 0 unspecified atom stereocenters. The largest absolute Gasteiger partial charge is 0.292 e. The van der Waals surface area contributed by atoms with Crippen LogP contribution in [0.4, 0.5) is 0 Å². The SMILES string of the molecule is CC(C)c1cccc(C(C)C)c1-n1c(-c2ccc3sc4c5ccc6ccccc6c5cnc4c3c2)nc2ccccc21. The van der Waals surface area contributed by atoms with Crippen LogP contribution in [0.25, 0.3) is 70.0 Å². The Kier molecular flexibility index (Phi) is 5.70. The van der Waals surface area contributed by atoms with Crippen LogP contribution in [0.3, 0.4) is 0 Å². The van der Waals surface area contributed by atoms with Crippen molar-refractivity contribution in [3.8, 4) is 17.1 Å². The van der Waals surface area contributed by atoms with E-state index >= 15 is 0 Å². The molecular formula is C38H31N3S. The summed E-state index contributed by atoms with van der Waals surface area (Å²) in [6.07, 6.45) is 2.06. The first kappa shape index (κ1) is 25.2. The highest BCUT2D eigenvalue weighted by atomic mass is 32.1. The molecule has 204 valence electrons. The number of hydrogen-bond donors (Lipinski definition) is 0. The third-order valence-electron chi connectivity index (χ3n) is 8.58. The van der Waals surface area contributed by atoms with Crippen LogP contribution in [0.5, 0.6) is 0 Å². The van der Waals surface area contributed by atoms with Crippen molar-refractivity contribution < 1.29 is 0 Å². The van der Waals surface area contributed by atoms with Gasteiger partial charge in [-0.25, -0.2) is 4.98 Å². The average molecular weight is 562 g/mol. The van der Waals surface area contributed by atoms with E-state index in [4.69, 9.17) is 9.97 Å². The Morgan fingerprint density at radius 3 is 2.24 bits per heavy atom. The molecule has 0 saturated carbocycles. The van der Waals surface area contributed by atoms with E-state index in [0.717, 1.165) is 27.9 Å². The van der Waals surface area contributed by atoms with Gasteiger partial charge in [-0.15, -0.1) is 11.3 Å². The van der Waals surface area contributed by atoms with Crippen LogP contribution in [0.15, 0.2) is 103 Å². The summed E-state index contributed by atoms with van der Waals surface area (Å²) in [7, 11) is 0. The molecule has 4 heteroatoms. The molecule has 5 aromatic carbocycles. The van der Waals surface area contributed by atoms with Crippen LogP contribution in [0, 0.1) is 0 Å². The van der Waals surface area contributed by atoms with Crippen LogP contribution in [-0.4, -0.2) is 14.5 Å². The van der Waals surface area contributed by atoms with E-state index in [1.165, 1.54) is 53.1 Å². The fourth-order valence-corrected chi connectivity index (χ4v) is 7.68. The lowest BCUT2D eigenvalue weighted by Crippen LogP contribution is -2.08. The van der Waals surface area contributed by atoms with Crippen molar-refractivity contribution in [1.29, 1.82) is 0 Å². The second-order valence-corrected chi connectivity index (χ2v) is 12.9. The maximum absolute atomic E-state index is 5.26. The summed E-state index contributed by atoms with van der Waals surface area (Å²) >= 11 is 1.83. The molecular weight excluding hydrogens is 531 g/mol. The lowest BCUT2D eigenvalue weighted by molar-refractivity contribution is 0.811. The highest BCUT2D eigenvalue weighted by molar-refractivity contribution is 7.26. The molecule has 3 heterocycles. The zero-order valence-electron chi connectivity index (χ0n) is 24.2. The van der Waals surface area contributed by atoms with E-state index in [-0.39, 0.29) is 0 Å². The molecule has 0 atom stereocenters. The summed E-state index contributed by atoms with van der Waals surface area (Å²) in [6.45, 7) is 9.13. The van der Waals surface area contributed by atoms with Crippen molar-refractivity contribution in [2.75, 3.05) is 0 Å². The fourth-order valence-electron chi connectivity index (χ4n) is 6.51. The van der Waals surface area contributed by atoms with E-state index in [0.29, 0.717) is 11.8 Å². The fraction of sp³-hybridized carbons (Fsp3) is 0.158. The van der Waals surface area contributed by atoms with Crippen molar-refractivity contribution in [2.45, 2.75) is 39.5 Å². The molecule has 0 saturated heterocycles. The molecule has 0 aliphatic heterocycles. The van der Waals surface area contributed by atoms with Gasteiger partial charge in [-0.3, -0.25) is 9.55 Å². The topological polar surface area (TPSA) is 30.7 Å². The minimum absolute atomic E-state index is 0.379. The standard InChI is InChI=1S/C38H31N3S/c1-22(2)26-12-9-13-27(23(3)4)36(26)41-33-15-8-7-14-32(33)40-38(41)25-17-19-34-30(20-25)35-37(42-34)29-18-16-24-10-5-6-11-28(24)31(29)21-39-35/h5-23H,1-4H3. The van der Waals surface area contributed by atoms with E-state index in [1.807, 2.05) is 11.3 Å². The third-order valence-corrected chi connectivity index (χ3v) is 9.78. The quantitative estimate of drug-likeness (QED) is 0.200. The Morgan fingerprint density at radius 1 is 0.667 bits per heavy atom. The minimum atomic E-state index is 0.379. The van der Waals surface area contributed by atoms with Crippen molar-refractivity contribution in [3.63, 3.8) is 0 Å². The Hall–Kier alpha value is -4.54. The zero-order valence-corrected chi connectivity index (χ0v) is 25.0. The monoisotopic (exact) mass is 561 g/mol. The predicted octanol–water partition coefficient (Wildman–Crippen LogP) is 11.0. The Balaban J connectivity index is 1.41. The summed E-state index contributed by atoms with van der Waals surface area (Å²) in [6, 6.07) is 35.1. The maximum atomic E-state index is 5.26. The number of hydrogen-bond acceptors (Lipinski definition) is 3. The predicted molar refractivity (Wildman–Crippen MR) is 180 cm³/mol. The summed E-state index contributed by atoms with van der Waals surface area (Å²) in [5.74, 6) is 1.73. The molecule has 0 N–H and O–H groups in total. The van der Waals surface area contributed by atoms with Gasteiger partial charge in [-0.1, -0.05) is 94.4 Å². The van der Waals surface area contributed by atoms with E-state index < -0.39 is 0 Å². The molecule has 0 bridgehead atoms. The molecule has 0 aliphatic rings. The summed E-state index contributed by atoms with van der Waals surface area (Å²) < 4.78 is 4.89. The second kappa shape index (κ2) is 9.50. The Labute approximate surface area is 249 Å². The molecule has 3 nitrogen and oxygen atoms in total. The van der Waals surface area contributed by atoms with Crippen molar-refractivity contribution in [1.82, 2.24) is 14.5 Å². The highest BCUT2D eigenvalue weighted by Gasteiger charge is 2.22. The van der Waals surface area contributed by atoms with Gasteiger partial charge in [-0.05, 0) is 64.1 Å². The van der Waals surface area contributed by atoms with Crippen LogP contribution >= 0.6 is 11.3 Å². The molecule has 0 aliphatic carbocycles. The molecule has 42 heavy (non-hydrogen) atoms. The number of para-hydroxylation sites is 3. The third kappa shape index (κ3) is 3.72. The Morgan fingerprint density at radius 2 is 1.43 bits per heavy atom. The van der Waals surface area contributed by atoms with E-state index in [1.54, 1.807) is 0 Å². The molecule has 0 fully saturated rings. The van der Waals surface area contributed by atoms with E-state index in [2.05, 4.69) is 136 Å². The van der Waals surface area contributed by atoms with Gasteiger partial charge in [-0.2, -0.15) is 0 Å². The molecule has 3 aromatic heterocycles. The van der Waals surface area contributed by atoms with Gasteiger partial charge < -0.3 is 0 Å². The van der Waals surface area contributed by atoms with Gasteiger partial charge in [0, 0.05) is 32.6 Å². The van der Waals surface area contributed by atoms with Crippen molar-refractivity contribution >= 4 is 64.2 Å². The van der Waals surface area contributed by atoms with Crippen LogP contribution in [0.2, 0.25) is 0 Å². The number of benzene rings is 5. The van der Waals surface area contributed by atoms with Crippen molar-refractivity contribution in [2.24, 2.45) is 0 Å². The number of aromatic nitrogens is 3. The normalized spacial score (nSPS) is 12.2. The van der Waals surface area contributed by atoms with Gasteiger partial charge in [0.2, 0.25) is 0 Å². The number of imidazole rings is 1. The number of thiophene rings is 1. The number of nitrogens with zero attached hydrogens (tertiary/aromatic N) is 3. The van der Waals surface area contributed by atoms with Gasteiger partial charge >= 0.3 is 0 Å². The number of rotatable bonds is 4. The summed E-state index contributed by atoms with van der Waals surface area (Å²) in [5.41, 5.74) is 8.25. The zero-order chi connectivity index (χ0) is 28.5. The highest BCUT2D eigenvalue weighted by Crippen LogP contribution is 2.42. The van der Waals surface area contributed by atoms with Gasteiger partial charge in [0.25, 0.3) is 0 Å². The first-order chi connectivity index (χ1) is 20.5. The summed E-state index contributed by atoms with van der Waals surface area (Å²) in [4.78, 5) is 10.3. The first-order valence-corrected chi connectivity index (χ1v) is 15.5. The van der Waals surface area contributed by atoms with Gasteiger partial charge in [0.15, 0.2) is 0 Å². The average Bonchev–Trinajstić information content (AvgIpc) is 3.58. The first-order valence-electron chi connectivity index (χ1n) is 14.7. The van der Waals surface area contributed by atoms with Crippen LogP contribution in [0.1, 0.15) is 50.7 Å². The molecule has 0 amide bonds. The van der Waals surface area contributed by atoms with Crippen LogP contribution in [-0.2, 0) is 0 Å². The maximum Gasteiger partial charge on any atom is 0.145 e. The summed E-state index contributed by atoms with van der Waals surface area (Å²) in [5, 5.41) is 6.15. The number of pyridine rings is 1. The Bertz CT molecular complexity index is 2290. The van der Waals surface area contributed by atoms with Crippen molar-refractivity contribution in [3.05, 3.63) is 114 Å².